The number of aromatic nitrogens is 3. The van der Waals surface area contributed by atoms with Crippen LogP contribution in [0.4, 0.5) is 0 Å². The van der Waals surface area contributed by atoms with E-state index in [1.54, 1.807) is 24.8 Å². The zero-order valence-corrected chi connectivity index (χ0v) is 14.4. The highest BCUT2D eigenvalue weighted by atomic mass is 79.9. The van der Waals surface area contributed by atoms with Gasteiger partial charge in [-0.25, -0.2) is 14.7 Å². The van der Waals surface area contributed by atoms with Gasteiger partial charge in [-0.05, 0) is 40.5 Å². The maximum absolute atomic E-state index is 10.0. The van der Waals surface area contributed by atoms with Gasteiger partial charge in [0.15, 0.2) is 5.82 Å². The number of hydroxylamine groups is 2. The van der Waals surface area contributed by atoms with Gasteiger partial charge in [-0.1, -0.05) is 13.3 Å². The first-order valence-electron chi connectivity index (χ1n) is 7.48. The van der Waals surface area contributed by atoms with Crippen LogP contribution in [0, 0.1) is 0 Å². The first-order valence-corrected chi connectivity index (χ1v) is 8.27. The smallest absolute Gasteiger partial charge is 0.167 e. The lowest BCUT2D eigenvalue weighted by Crippen LogP contribution is -2.26. The summed E-state index contributed by atoms with van der Waals surface area (Å²) in [4.78, 5) is 4.39. The van der Waals surface area contributed by atoms with Crippen LogP contribution in [0.25, 0.3) is 5.82 Å². The van der Waals surface area contributed by atoms with Gasteiger partial charge in [0.1, 0.15) is 0 Å². The highest BCUT2D eigenvalue weighted by molar-refractivity contribution is 9.10. The fraction of sp³-hybridized carbons (Fsp3) is 0.250. The first kappa shape index (κ1) is 15.8. The molecule has 3 heterocycles. The fourth-order valence-electron chi connectivity index (χ4n) is 2.54. The molecule has 6 nitrogen and oxygen atoms in total. The number of allylic oxidation sites excluding steroid dienone is 2. The van der Waals surface area contributed by atoms with Gasteiger partial charge in [-0.3, -0.25) is 5.21 Å². The molecule has 0 saturated heterocycles. The van der Waals surface area contributed by atoms with E-state index in [1.165, 1.54) is 5.06 Å². The van der Waals surface area contributed by atoms with E-state index in [0.717, 1.165) is 40.2 Å². The quantitative estimate of drug-likeness (QED) is 0.838. The zero-order chi connectivity index (χ0) is 16.2. The van der Waals surface area contributed by atoms with Crippen molar-refractivity contribution < 1.29 is 5.21 Å². The molecular formula is C16H18BrN5O. The molecule has 0 aliphatic carbocycles. The van der Waals surface area contributed by atoms with E-state index < -0.39 is 0 Å². The van der Waals surface area contributed by atoms with Crippen LogP contribution >= 0.6 is 15.9 Å². The molecule has 0 atom stereocenters. The molecule has 0 bridgehead atoms. The van der Waals surface area contributed by atoms with Crippen molar-refractivity contribution >= 4 is 15.9 Å². The molecule has 0 saturated carbocycles. The number of hydrogen-bond donors (Lipinski definition) is 2. The highest BCUT2D eigenvalue weighted by Crippen LogP contribution is 2.23. The van der Waals surface area contributed by atoms with E-state index in [0.29, 0.717) is 6.42 Å². The number of halogens is 1. The Morgan fingerprint density at radius 1 is 1.30 bits per heavy atom. The van der Waals surface area contributed by atoms with Crippen LogP contribution in [0.15, 0.2) is 58.9 Å². The van der Waals surface area contributed by atoms with Crippen LogP contribution in [0.3, 0.4) is 0 Å². The highest BCUT2D eigenvalue weighted by Gasteiger charge is 2.17. The van der Waals surface area contributed by atoms with E-state index in [1.807, 2.05) is 22.9 Å². The summed E-state index contributed by atoms with van der Waals surface area (Å²) in [5.74, 6) is 0.748. The van der Waals surface area contributed by atoms with Crippen molar-refractivity contribution in [3.8, 4) is 5.82 Å². The number of pyridine rings is 1. The second kappa shape index (κ2) is 6.97. The van der Waals surface area contributed by atoms with Gasteiger partial charge in [-0.2, -0.15) is 5.10 Å². The van der Waals surface area contributed by atoms with Crippen molar-refractivity contribution in [3.63, 3.8) is 0 Å². The molecule has 3 rings (SSSR count). The summed E-state index contributed by atoms with van der Waals surface area (Å²) in [6, 6.07) is 5.77. The molecule has 0 unspecified atom stereocenters. The molecule has 0 spiro atoms. The molecule has 1 aliphatic heterocycles. The Balaban J connectivity index is 1.94. The molecule has 7 heteroatoms. The van der Waals surface area contributed by atoms with Crippen molar-refractivity contribution in [3.05, 3.63) is 64.6 Å². The van der Waals surface area contributed by atoms with E-state index in [4.69, 9.17) is 0 Å². The van der Waals surface area contributed by atoms with Crippen molar-refractivity contribution in [2.75, 3.05) is 0 Å². The van der Waals surface area contributed by atoms with Gasteiger partial charge in [0.05, 0.1) is 15.9 Å². The molecule has 1 aliphatic rings. The topological polar surface area (TPSA) is 66.2 Å². The molecule has 2 aromatic heterocycles. The number of nitrogens with zero attached hydrogens (tertiary/aromatic N) is 4. The lowest BCUT2D eigenvalue weighted by Gasteiger charge is -2.25. The summed E-state index contributed by atoms with van der Waals surface area (Å²) in [6.45, 7) is 2.09. The standard InChI is InChI=1S/C16H18BrN5O/c1-2-4-15-14(18-9-10-21(15)23)11-12-6-8-20-22(12)16-13(17)5-3-7-19-16/h3,5-10,18,23H,2,4,11H2,1H3. The van der Waals surface area contributed by atoms with Gasteiger partial charge in [0.2, 0.25) is 0 Å². The van der Waals surface area contributed by atoms with E-state index in [9.17, 15) is 5.21 Å². The van der Waals surface area contributed by atoms with Crippen LogP contribution in [0.2, 0.25) is 0 Å². The maximum Gasteiger partial charge on any atom is 0.167 e. The van der Waals surface area contributed by atoms with Crippen LogP contribution in [0.5, 0.6) is 0 Å². The summed E-state index contributed by atoms with van der Waals surface area (Å²) < 4.78 is 2.69. The van der Waals surface area contributed by atoms with Crippen molar-refractivity contribution in [2.24, 2.45) is 0 Å². The summed E-state index contributed by atoms with van der Waals surface area (Å²) >= 11 is 3.51. The zero-order valence-electron chi connectivity index (χ0n) is 12.8. The Labute approximate surface area is 143 Å². The second-order valence-corrected chi connectivity index (χ2v) is 6.05. The number of rotatable bonds is 5. The lowest BCUT2D eigenvalue weighted by molar-refractivity contribution is -0.0120. The minimum absolute atomic E-state index is 0.625. The second-order valence-electron chi connectivity index (χ2n) is 5.20. The van der Waals surface area contributed by atoms with Crippen molar-refractivity contribution in [1.29, 1.82) is 0 Å². The van der Waals surface area contributed by atoms with Gasteiger partial charge in [0, 0.05) is 36.9 Å². The fourth-order valence-corrected chi connectivity index (χ4v) is 2.97. The Morgan fingerprint density at radius 2 is 2.17 bits per heavy atom. The average Bonchev–Trinajstić information content (AvgIpc) is 2.99. The predicted molar refractivity (Wildman–Crippen MR) is 90.6 cm³/mol. The first-order chi connectivity index (χ1) is 11.2. The largest absolute Gasteiger partial charge is 0.362 e. The third-order valence-corrected chi connectivity index (χ3v) is 4.22. The van der Waals surface area contributed by atoms with Crippen LogP contribution in [0.1, 0.15) is 25.5 Å². The number of nitrogens with one attached hydrogen (secondary N) is 1. The normalized spacial score (nSPS) is 14.3. The third-order valence-electron chi connectivity index (χ3n) is 3.60. The van der Waals surface area contributed by atoms with Crippen LogP contribution in [-0.2, 0) is 6.42 Å². The van der Waals surface area contributed by atoms with Gasteiger partial charge in [0.25, 0.3) is 0 Å². The minimum Gasteiger partial charge on any atom is -0.362 e. The summed E-state index contributed by atoms with van der Waals surface area (Å²) in [5, 5.41) is 18.8. The summed E-state index contributed by atoms with van der Waals surface area (Å²) in [6.07, 6.45) is 9.21. The van der Waals surface area contributed by atoms with E-state index in [2.05, 4.69) is 38.3 Å². The average molecular weight is 376 g/mol. The Bertz CT molecular complexity index is 752. The third kappa shape index (κ3) is 3.30. The monoisotopic (exact) mass is 375 g/mol. The van der Waals surface area contributed by atoms with Gasteiger partial charge in [-0.15, -0.1) is 0 Å². The number of hydrogen-bond acceptors (Lipinski definition) is 5. The lowest BCUT2D eigenvalue weighted by atomic mass is 10.1. The Kier molecular flexibility index (Phi) is 4.78. The van der Waals surface area contributed by atoms with Crippen LogP contribution in [-0.4, -0.2) is 25.0 Å². The van der Waals surface area contributed by atoms with Crippen molar-refractivity contribution in [2.45, 2.75) is 26.2 Å². The molecule has 0 amide bonds. The molecule has 2 aromatic rings. The van der Waals surface area contributed by atoms with E-state index in [-0.39, 0.29) is 0 Å². The Morgan fingerprint density at radius 3 is 2.96 bits per heavy atom. The molecule has 0 aromatic carbocycles. The molecule has 23 heavy (non-hydrogen) atoms. The molecule has 2 N–H and O–H groups in total. The molecule has 0 fully saturated rings. The van der Waals surface area contributed by atoms with Gasteiger partial charge < -0.3 is 5.32 Å². The van der Waals surface area contributed by atoms with Crippen molar-refractivity contribution in [1.82, 2.24) is 25.1 Å². The van der Waals surface area contributed by atoms with Crippen LogP contribution < -0.4 is 5.32 Å². The minimum atomic E-state index is 0.625. The molecular weight excluding hydrogens is 358 g/mol. The summed E-state index contributed by atoms with van der Waals surface area (Å²) in [5.41, 5.74) is 2.83. The summed E-state index contributed by atoms with van der Waals surface area (Å²) in [7, 11) is 0. The SMILES string of the molecule is CCCC1=C(Cc2ccnn2-c2ncccc2Br)NC=CN1O. The Hall–Kier alpha value is -2.12. The molecule has 0 radical (unpaired) electrons. The van der Waals surface area contributed by atoms with E-state index >= 15 is 0 Å². The predicted octanol–water partition coefficient (Wildman–Crippen LogP) is 3.35. The maximum atomic E-state index is 10.0. The van der Waals surface area contributed by atoms with Gasteiger partial charge >= 0.3 is 0 Å². The molecule has 120 valence electrons.